The fraction of sp³-hybridized carbons (Fsp3) is 0.154. The van der Waals surface area contributed by atoms with E-state index in [0.29, 0.717) is 0 Å². The lowest BCUT2D eigenvalue weighted by atomic mass is 10.1. The van der Waals surface area contributed by atoms with Crippen LogP contribution in [0.15, 0.2) is 16.6 Å². The average molecular weight is 339 g/mol. The number of amides is 2. The standard InChI is InChI=1S/C13H8BrFN2O3/c1-2-3-16-10(18)6-17-11-8(12(19)13(17)20)4-7(15)5-9(11)14/h1,4-5H,3,6H2,(H,16,18). The number of anilines is 1. The number of halogens is 2. The lowest BCUT2D eigenvalue weighted by Crippen LogP contribution is -2.40. The molecular formula is C13H8BrFN2O3. The molecule has 5 nitrogen and oxygen atoms in total. The van der Waals surface area contributed by atoms with E-state index in [1.807, 2.05) is 0 Å². The summed E-state index contributed by atoms with van der Waals surface area (Å²) in [7, 11) is 0. The number of rotatable bonds is 3. The summed E-state index contributed by atoms with van der Waals surface area (Å²) in [4.78, 5) is 36.2. The number of Topliss-reactive ketones (excluding diaryl/α,β-unsaturated/α-hetero) is 1. The maximum absolute atomic E-state index is 13.3. The highest BCUT2D eigenvalue weighted by atomic mass is 79.9. The van der Waals surface area contributed by atoms with E-state index < -0.39 is 23.4 Å². The summed E-state index contributed by atoms with van der Waals surface area (Å²) in [6, 6.07) is 2.09. The molecule has 2 rings (SSSR count). The third kappa shape index (κ3) is 2.42. The van der Waals surface area contributed by atoms with Gasteiger partial charge in [-0.3, -0.25) is 19.3 Å². The summed E-state index contributed by atoms with van der Waals surface area (Å²) in [5.74, 6) is -0.645. The highest BCUT2D eigenvalue weighted by molar-refractivity contribution is 9.10. The highest BCUT2D eigenvalue weighted by Crippen LogP contribution is 2.36. The smallest absolute Gasteiger partial charge is 0.299 e. The zero-order valence-electron chi connectivity index (χ0n) is 10.1. The Labute approximate surface area is 122 Å². The van der Waals surface area contributed by atoms with Crippen molar-refractivity contribution in [2.24, 2.45) is 0 Å². The summed E-state index contributed by atoms with van der Waals surface area (Å²) in [5.41, 5.74) is 0.129. The second-order valence-electron chi connectivity index (χ2n) is 3.99. The molecular weight excluding hydrogens is 331 g/mol. The predicted molar refractivity (Wildman–Crippen MR) is 72.6 cm³/mol. The van der Waals surface area contributed by atoms with Crippen LogP contribution in [0.4, 0.5) is 10.1 Å². The second-order valence-corrected chi connectivity index (χ2v) is 4.84. The summed E-state index contributed by atoms with van der Waals surface area (Å²) < 4.78 is 13.5. The number of fused-ring (bicyclic) bond motifs is 1. The Kier molecular flexibility index (Phi) is 3.86. The van der Waals surface area contributed by atoms with Gasteiger partial charge in [-0.05, 0) is 28.1 Å². The molecule has 0 radical (unpaired) electrons. The van der Waals surface area contributed by atoms with E-state index in [9.17, 15) is 18.8 Å². The molecule has 0 bridgehead atoms. The molecule has 0 spiro atoms. The Morgan fingerprint density at radius 2 is 2.15 bits per heavy atom. The first-order valence-corrected chi connectivity index (χ1v) is 6.30. The van der Waals surface area contributed by atoms with Gasteiger partial charge >= 0.3 is 0 Å². The SMILES string of the molecule is C#CCNC(=O)CN1C(=O)C(=O)c2cc(F)cc(Br)c21. The third-order valence-electron chi connectivity index (χ3n) is 2.67. The van der Waals surface area contributed by atoms with Crippen molar-refractivity contribution >= 4 is 39.2 Å². The number of benzene rings is 1. The number of terminal acetylenes is 1. The minimum absolute atomic E-state index is 0.0201. The van der Waals surface area contributed by atoms with Gasteiger partial charge in [0.2, 0.25) is 5.91 Å². The Morgan fingerprint density at radius 3 is 2.80 bits per heavy atom. The third-order valence-corrected chi connectivity index (χ3v) is 3.28. The molecule has 1 heterocycles. The van der Waals surface area contributed by atoms with E-state index in [1.165, 1.54) is 0 Å². The first kappa shape index (κ1) is 14.2. The van der Waals surface area contributed by atoms with E-state index >= 15 is 0 Å². The van der Waals surface area contributed by atoms with Crippen LogP contribution in [-0.2, 0) is 9.59 Å². The molecule has 1 aromatic rings. The van der Waals surface area contributed by atoms with Crippen molar-refractivity contribution in [1.29, 1.82) is 0 Å². The van der Waals surface area contributed by atoms with Gasteiger partial charge in [-0.15, -0.1) is 6.42 Å². The van der Waals surface area contributed by atoms with Crippen LogP contribution in [0.2, 0.25) is 0 Å². The largest absolute Gasteiger partial charge is 0.344 e. The molecule has 0 unspecified atom stereocenters. The van der Waals surface area contributed by atoms with Crippen molar-refractivity contribution in [2.45, 2.75) is 0 Å². The van der Waals surface area contributed by atoms with E-state index in [4.69, 9.17) is 6.42 Å². The molecule has 0 atom stereocenters. The number of carbonyl (C=O) groups is 3. The van der Waals surface area contributed by atoms with Crippen LogP contribution < -0.4 is 10.2 Å². The van der Waals surface area contributed by atoms with Crippen molar-refractivity contribution in [3.05, 3.63) is 28.0 Å². The first-order valence-electron chi connectivity index (χ1n) is 5.51. The minimum Gasteiger partial charge on any atom is -0.344 e. The monoisotopic (exact) mass is 338 g/mol. The number of ketones is 1. The normalized spacial score (nSPS) is 13.2. The zero-order chi connectivity index (χ0) is 14.9. The van der Waals surface area contributed by atoms with Gasteiger partial charge in [-0.2, -0.15) is 0 Å². The maximum atomic E-state index is 13.3. The minimum atomic E-state index is -0.873. The fourth-order valence-corrected chi connectivity index (χ4v) is 2.50. The number of carbonyl (C=O) groups excluding carboxylic acids is 3. The predicted octanol–water partition coefficient (Wildman–Crippen LogP) is 0.867. The maximum Gasteiger partial charge on any atom is 0.299 e. The first-order chi connectivity index (χ1) is 9.45. The Hall–Kier alpha value is -2.20. The average Bonchev–Trinajstić information content (AvgIpc) is 2.62. The molecule has 0 aliphatic carbocycles. The van der Waals surface area contributed by atoms with Gasteiger partial charge in [0.1, 0.15) is 12.4 Å². The van der Waals surface area contributed by atoms with Crippen LogP contribution >= 0.6 is 15.9 Å². The number of hydrogen-bond acceptors (Lipinski definition) is 3. The molecule has 0 saturated carbocycles. The van der Waals surface area contributed by atoms with Crippen molar-refractivity contribution in [1.82, 2.24) is 5.32 Å². The summed E-state index contributed by atoms with van der Waals surface area (Å²) in [5, 5.41) is 2.39. The van der Waals surface area contributed by atoms with Crippen LogP contribution in [0.5, 0.6) is 0 Å². The number of nitrogens with zero attached hydrogens (tertiary/aromatic N) is 1. The van der Waals surface area contributed by atoms with E-state index in [-0.39, 0.29) is 28.8 Å². The molecule has 1 aromatic carbocycles. The summed E-state index contributed by atoms with van der Waals surface area (Å²) in [6.07, 6.45) is 5.00. The van der Waals surface area contributed by atoms with Crippen LogP contribution in [0.3, 0.4) is 0 Å². The van der Waals surface area contributed by atoms with E-state index in [0.717, 1.165) is 17.0 Å². The van der Waals surface area contributed by atoms with Gasteiger partial charge in [-0.25, -0.2) is 4.39 Å². The number of nitrogens with one attached hydrogen (secondary N) is 1. The molecule has 0 saturated heterocycles. The van der Waals surface area contributed by atoms with Crippen LogP contribution in [-0.4, -0.2) is 30.7 Å². The Balaban J connectivity index is 2.34. The molecule has 1 aliphatic rings. The molecule has 102 valence electrons. The van der Waals surface area contributed by atoms with E-state index in [1.54, 1.807) is 0 Å². The molecule has 7 heteroatoms. The van der Waals surface area contributed by atoms with E-state index in [2.05, 4.69) is 27.2 Å². The second kappa shape index (κ2) is 5.43. The quantitative estimate of drug-likeness (QED) is 0.656. The summed E-state index contributed by atoms with van der Waals surface area (Å²) in [6.45, 7) is -0.338. The van der Waals surface area contributed by atoms with Gasteiger partial charge < -0.3 is 5.32 Å². The zero-order valence-corrected chi connectivity index (χ0v) is 11.7. The van der Waals surface area contributed by atoms with Crippen LogP contribution in [0.25, 0.3) is 0 Å². The Bertz CT molecular complexity index is 666. The molecule has 2 amide bonds. The lowest BCUT2D eigenvalue weighted by molar-refractivity contribution is -0.121. The van der Waals surface area contributed by atoms with Gasteiger partial charge in [0.15, 0.2) is 0 Å². The molecule has 20 heavy (non-hydrogen) atoms. The number of hydrogen-bond donors (Lipinski definition) is 1. The summed E-state index contributed by atoms with van der Waals surface area (Å²) >= 11 is 3.09. The topological polar surface area (TPSA) is 66.5 Å². The fourth-order valence-electron chi connectivity index (χ4n) is 1.85. The van der Waals surface area contributed by atoms with Crippen molar-refractivity contribution in [2.75, 3.05) is 18.0 Å². The lowest BCUT2D eigenvalue weighted by Gasteiger charge is -2.16. The van der Waals surface area contributed by atoms with Crippen molar-refractivity contribution in [3.63, 3.8) is 0 Å². The van der Waals surface area contributed by atoms with Gasteiger partial charge in [0, 0.05) is 4.47 Å². The van der Waals surface area contributed by atoms with Gasteiger partial charge in [0.05, 0.1) is 17.8 Å². The van der Waals surface area contributed by atoms with Crippen LogP contribution in [0, 0.1) is 18.2 Å². The molecule has 1 aliphatic heterocycles. The highest BCUT2D eigenvalue weighted by Gasteiger charge is 2.38. The van der Waals surface area contributed by atoms with Gasteiger partial charge in [-0.1, -0.05) is 5.92 Å². The van der Waals surface area contributed by atoms with Crippen molar-refractivity contribution < 1.29 is 18.8 Å². The molecule has 1 N–H and O–H groups in total. The van der Waals surface area contributed by atoms with Crippen LogP contribution in [0.1, 0.15) is 10.4 Å². The van der Waals surface area contributed by atoms with Gasteiger partial charge in [0.25, 0.3) is 11.7 Å². The Morgan fingerprint density at radius 1 is 1.45 bits per heavy atom. The molecule has 0 aromatic heterocycles. The van der Waals surface area contributed by atoms with Crippen molar-refractivity contribution in [3.8, 4) is 12.3 Å². The molecule has 0 fully saturated rings.